The van der Waals surface area contributed by atoms with Crippen LogP contribution in [0.2, 0.25) is 0 Å². The van der Waals surface area contributed by atoms with Gasteiger partial charge in [0.05, 0.1) is 10.9 Å². The van der Waals surface area contributed by atoms with E-state index in [-0.39, 0.29) is 0 Å². The molecule has 27 heavy (non-hydrogen) atoms. The highest BCUT2D eigenvalue weighted by Crippen LogP contribution is 2.33. The normalized spacial score (nSPS) is 11.0. The molecule has 0 aliphatic carbocycles. The third-order valence-corrected chi connectivity index (χ3v) is 4.42. The van der Waals surface area contributed by atoms with E-state index in [0.29, 0.717) is 17.4 Å². The molecule has 0 atom stereocenters. The van der Waals surface area contributed by atoms with E-state index in [2.05, 4.69) is 27.1 Å². The van der Waals surface area contributed by atoms with Gasteiger partial charge >= 0.3 is 0 Å². The Morgan fingerprint density at radius 3 is 2.30 bits per heavy atom. The maximum absolute atomic E-state index is 6.29. The van der Waals surface area contributed by atoms with Crippen molar-refractivity contribution in [2.45, 2.75) is 0 Å². The lowest BCUT2D eigenvalue weighted by Gasteiger charge is -2.11. The Kier molecular flexibility index (Phi) is 3.72. The zero-order valence-corrected chi connectivity index (χ0v) is 14.4. The maximum Gasteiger partial charge on any atom is 0.230 e. The molecule has 128 valence electrons. The van der Waals surface area contributed by atoms with Crippen molar-refractivity contribution in [1.29, 1.82) is 0 Å². The lowest BCUT2D eigenvalue weighted by atomic mass is 10.1. The molecule has 5 rings (SSSR count). The number of rotatable bonds is 3. The monoisotopic (exact) mass is 349 g/mol. The number of ether oxygens (including phenoxy) is 1. The van der Waals surface area contributed by atoms with E-state index in [1.165, 1.54) is 0 Å². The van der Waals surface area contributed by atoms with Gasteiger partial charge in [-0.05, 0) is 35.7 Å². The summed E-state index contributed by atoms with van der Waals surface area (Å²) in [5.41, 5.74) is 1.54. The summed E-state index contributed by atoms with van der Waals surface area (Å²) < 4.78 is 6.29. The number of hydrogen-bond acceptors (Lipinski definition) is 4. The SMILES string of the molecule is c1ccc(-c2nc(Oc3cccc4ccccc34)c3ccccc3n2)nc1. The molecule has 0 bridgehead atoms. The van der Waals surface area contributed by atoms with Crippen molar-refractivity contribution in [2.24, 2.45) is 0 Å². The number of pyridine rings is 1. The summed E-state index contributed by atoms with van der Waals surface area (Å²) in [6.07, 6.45) is 1.74. The molecule has 0 fully saturated rings. The number of nitrogens with zero attached hydrogens (tertiary/aromatic N) is 3. The molecule has 0 aliphatic rings. The number of fused-ring (bicyclic) bond motifs is 2. The highest BCUT2D eigenvalue weighted by Gasteiger charge is 2.13. The van der Waals surface area contributed by atoms with Crippen LogP contribution in [0.25, 0.3) is 33.2 Å². The summed E-state index contributed by atoms with van der Waals surface area (Å²) in [5, 5.41) is 3.03. The average molecular weight is 349 g/mol. The minimum atomic E-state index is 0.526. The van der Waals surface area contributed by atoms with E-state index in [0.717, 1.165) is 27.4 Å². The Labute approximate surface area is 156 Å². The predicted octanol–water partition coefficient (Wildman–Crippen LogP) is 5.64. The Bertz CT molecular complexity index is 1250. The Morgan fingerprint density at radius 2 is 1.41 bits per heavy atom. The summed E-state index contributed by atoms with van der Waals surface area (Å²) in [6, 6.07) is 27.7. The van der Waals surface area contributed by atoms with Gasteiger partial charge in [-0.25, -0.2) is 4.98 Å². The molecular formula is C23H15N3O. The molecule has 4 nitrogen and oxygen atoms in total. The van der Waals surface area contributed by atoms with Crippen molar-refractivity contribution in [3.63, 3.8) is 0 Å². The van der Waals surface area contributed by atoms with Crippen LogP contribution in [-0.2, 0) is 0 Å². The van der Waals surface area contributed by atoms with Crippen LogP contribution in [-0.4, -0.2) is 15.0 Å². The summed E-state index contributed by atoms with van der Waals surface area (Å²) in [5.74, 6) is 1.84. The standard InChI is InChI=1S/C23H15N3O/c1-2-10-17-16(8-1)9-7-14-21(17)27-23-18-11-3-4-12-19(18)25-22(26-23)20-13-5-6-15-24-20/h1-15H. The van der Waals surface area contributed by atoms with Crippen LogP contribution >= 0.6 is 0 Å². The van der Waals surface area contributed by atoms with E-state index in [1.807, 2.05) is 72.8 Å². The minimum absolute atomic E-state index is 0.526. The van der Waals surface area contributed by atoms with Crippen molar-refractivity contribution >= 4 is 21.7 Å². The summed E-state index contributed by atoms with van der Waals surface area (Å²) in [7, 11) is 0. The van der Waals surface area contributed by atoms with Gasteiger partial charge in [0.1, 0.15) is 11.4 Å². The van der Waals surface area contributed by atoms with Gasteiger partial charge in [-0.2, -0.15) is 4.98 Å². The van der Waals surface area contributed by atoms with Gasteiger partial charge in [-0.1, -0.05) is 54.6 Å². The largest absolute Gasteiger partial charge is 0.438 e. The van der Waals surface area contributed by atoms with Gasteiger partial charge < -0.3 is 4.74 Å². The zero-order chi connectivity index (χ0) is 18.1. The van der Waals surface area contributed by atoms with Crippen LogP contribution < -0.4 is 4.74 Å². The molecule has 0 aliphatic heterocycles. The number of hydrogen-bond donors (Lipinski definition) is 0. The van der Waals surface area contributed by atoms with Gasteiger partial charge in [0.2, 0.25) is 5.88 Å². The van der Waals surface area contributed by atoms with E-state index in [1.54, 1.807) is 6.20 Å². The first-order valence-corrected chi connectivity index (χ1v) is 8.72. The van der Waals surface area contributed by atoms with Crippen LogP contribution in [0.4, 0.5) is 0 Å². The molecule has 2 heterocycles. The third kappa shape index (κ3) is 2.87. The lowest BCUT2D eigenvalue weighted by molar-refractivity contribution is 0.474. The van der Waals surface area contributed by atoms with Gasteiger partial charge in [-0.15, -0.1) is 0 Å². The Morgan fingerprint density at radius 1 is 0.630 bits per heavy atom. The Balaban J connectivity index is 1.70. The fourth-order valence-electron chi connectivity index (χ4n) is 3.12. The van der Waals surface area contributed by atoms with Crippen molar-refractivity contribution < 1.29 is 4.74 Å². The fourth-order valence-corrected chi connectivity index (χ4v) is 3.12. The van der Waals surface area contributed by atoms with Crippen molar-refractivity contribution in [3.8, 4) is 23.1 Å². The van der Waals surface area contributed by atoms with E-state index < -0.39 is 0 Å². The summed E-state index contributed by atoms with van der Waals surface area (Å²) in [4.78, 5) is 13.7. The molecular weight excluding hydrogens is 334 g/mol. The van der Waals surface area contributed by atoms with Crippen molar-refractivity contribution in [3.05, 3.63) is 91.1 Å². The van der Waals surface area contributed by atoms with Crippen LogP contribution in [0.15, 0.2) is 91.1 Å². The van der Waals surface area contributed by atoms with Crippen molar-refractivity contribution in [2.75, 3.05) is 0 Å². The van der Waals surface area contributed by atoms with Crippen molar-refractivity contribution in [1.82, 2.24) is 15.0 Å². The van der Waals surface area contributed by atoms with E-state index in [4.69, 9.17) is 4.74 Å². The van der Waals surface area contributed by atoms with Gasteiger partial charge in [0, 0.05) is 11.6 Å². The first kappa shape index (κ1) is 15.5. The number of aromatic nitrogens is 3. The second-order valence-corrected chi connectivity index (χ2v) is 6.16. The predicted molar refractivity (Wildman–Crippen MR) is 107 cm³/mol. The highest BCUT2D eigenvalue weighted by atomic mass is 16.5. The molecule has 2 aromatic heterocycles. The quantitative estimate of drug-likeness (QED) is 0.423. The Hall–Kier alpha value is -3.79. The third-order valence-electron chi connectivity index (χ3n) is 4.42. The average Bonchev–Trinajstić information content (AvgIpc) is 2.74. The molecule has 0 amide bonds. The van der Waals surface area contributed by atoms with Crippen LogP contribution in [0, 0.1) is 0 Å². The van der Waals surface area contributed by atoms with Crippen LogP contribution in [0.5, 0.6) is 11.6 Å². The number of para-hydroxylation sites is 1. The van der Waals surface area contributed by atoms with E-state index >= 15 is 0 Å². The fraction of sp³-hybridized carbons (Fsp3) is 0. The highest BCUT2D eigenvalue weighted by molar-refractivity contribution is 5.90. The lowest BCUT2D eigenvalue weighted by Crippen LogP contribution is -1.97. The molecule has 0 saturated heterocycles. The maximum atomic E-state index is 6.29. The molecule has 0 saturated carbocycles. The molecule has 4 heteroatoms. The van der Waals surface area contributed by atoms with Gasteiger partial charge in [0.25, 0.3) is 0 Å². The smallest absolute Gasteiger partial charge is 0.230 e. The first-order chi connectivity index (χ1) is 13.4. The zero-order valence-electron chi connectivity index (χ0n) is 14.4. The topological polar surface area (TPSA) is 47.9 Å². The molecule has 0 spiro atoms. The first-order valence-electron chi connectivity index (χ1n) is 8.72. The molecule has 3 aromatic carbocycles. The van der Waals surface area contributed by atoms with E-state index in [9.17, 15) is 0 Å². The van der Waals surface area contributed by atoms with Crippen LogP contribution in [0.1, 0.15) is 0 Å². The molecule has 5 aromatic rings. The summed E-state index contributed by atoms with van der Waals surface area (Å²) >= 11 is 0. The molecule has 0 N–H and O–H groups in total. The second kappa shape index (κ2) is 6.50. The molecule has 0 radical (unpaired) electrons. The second-order valence-electron chi connectivity index (χ2n) is 6.16. The minimum Gasteiger partial charge on any atom is -0.438 e. The molecule has 0 unspecified atom stereocenters. The van der Waals surface area contributed by atoms with Gasteiger partial charge in [0.15, 0.2) is 5.82 Å². The van der Waals surface area contributed by atoms with Gasteiger partial charge in [-0.3, -0.25) is 4.98 Å². The summed E-state index contributed by atoms with van der Waals surface area (Å²) in [6.45, 7) is 0. The van der Waals surface area contributed by atoms with Crippen LogP contribution in [0.3, 0.4) is 0 Å². The number of benzene rings is 3.